The van der Waals surface area contributed by atoms with Gasteiger partial charge in [0, 0.05) is 28.9 Å². The van der Waals surface area contributed by atoms with Crippen LogP contribution >= 0.6 is 0 Å². The Morgan fingerprint density at radius 1 is 1.24 bits per heavy atom. The summed E-state index contributed by atoms with van der Waals surface area (Å²) in [5.41, 5.74) is 0. The molecule has 1 aliphatic heterocycles. The zero-order chi connectivity index (χ0) is 15.4. The van der Waals surface area contributed by atoms with E-state index in [2.05, 4.69) is 5.32 Å². The Morgan fingerprint density at radius 2 is 1.90 bits per heavy atom. The van der Waals surface area contributed by atoms with Crippen molar-refractivity contribution < 1.29 is 13.8 Å². The summed E-state index contributed by atoms with van der Waals surface area (Å²) in [5, 5.41) is 2.91. The second-order valence-corrected chi connectivity index (χ2v) is 7.89. The fourth-order valence-corrected chi connectivity index (χ4v) is 3.97. The van der Waals surface area contributed by atoms with E-state index in [0.29, 0.717) is 18.1 Å². The van der Waals surface area contributed by atoms with Crippen molar-refractivity contribution in [2.75, 3.05) is 18.1 Å². The molecule has 0 aromatic heterocycles. The Bertz CT molecular complexity index is 421. The molecule has 0 spiro atoms. The van der Waals surface area contributed by atoms with Gasteiger partial charge >= 0.3 is 0 Å². The predicted octanol–water partition coefficient (Wildman–Crippen LogP) is 1.05. The normalized spacial score (nSPS) is 29.3. The molecule has 21 heavy (non-hydrogen) atoms. The molecule has 0 radical (unpaired) electrons. The highest BCUT2D eigenvalue weighted by molar-refractivity contribution is 7.84. The van der Waals surface area contributed by atoms with Gasteiger partial charge in [0.1, 0.15) is 12.1 Å². The van der Waals surface area contributed by atoms with Crippen LogP contribution in [0.3, 0.4) is 0 Å². The highest BCUT2D eigenvalue weighted by atomic mass is 32.2. The van der Waals surface area contributed by atoms with Crippen molar-refractivity contribution in [1.29, 1.82) is 0 Å². The van der Waals surface area contributed by atoms with Crippen LogP contribution in [0.15, 0.2) is 0 Å². The summed E-state index contributed by atoms with van der Waals surface area (Å²) < 4.78 is 11.6. The highest BCUT2D eigenvalue weighted by Gasteiger charge is 2.41. The Morgan fingerprint density at radius 3 is 2.52 bits per heavy atom. The molecule has 120 valence electrons. The first-order valence-corrected chi connectivity index (χ1v) is 9.49. The van der Waals surface area contributed by atoms with E-state index < -0.39 is 16.8 Å². The highest BCUT2D eigenvalue weighted by Crippen LogP contribution is 2.29. The third-order valence-corrected chi connectivity index (χ3v) is 5.98. The first-order valence-electron chi connectivity index (χ1n) is 8.00. The van der Waals surface area contributed by atoms with Crippen molar-refractivity contribution in [1.82, 2.24) is 10.2 Å². The largest absolute Gasteiger partial charge is 0.342 e. The first kappa shape index (κ1) is 16.5. The van der Waals surface area contributed by atoms with E-state index in [1.165, 1.54) is 6.42 Å². The van der Waals surface area contributed by atoms with Gasteiger partial charge in [0.05, 0.1) is 0 Å². The lowest BCUT2D eigenvalue weighted by atomic mass is 9.82. The summed E-state index contributed by atoms with van der Waals surface area (Å²) >= 11 is 0. The fourth-order valence-electron chi connectivity index (χ4n) is 3.28. The molecular formula is C15H26N2O3S. The molecule has 3 unspecified atom stereocenters. The summed E-state index contributed by atoms with van der Waals surface area (Å²) in [5.74, 6) is 1.25. The van der Waals surface area contributed by atoms with Crippen molar-refractivity contribution in [2.24, 2.45) is 5.92 Å². The molecule has 2 fully saturated rings. The van der Waals surface area contributed by atoms with E-state index in [1.807, 2.05) is 6.92 Å². The summed E-state index contributed by atoms with van der Waals surface area (Å²) in [4.78, 5) is 26.5. The van der Waals surface area contributed by atoms with Gasteiger partial charge in [0.25, 0.3) is 0 Å². The maximum Gasteiger partial charge on any atom is 0.246 e. The maximum atomic E-state index is 12.7. The van der Waals surface area contributed by atoms with Gasteiger partial charge in [-0.3, -0.25) is 13.8 Å². The topological polar surface area (TPSA) is 66.5 Å². The van der Waals surface area contributed by atoms with Crippen LogP contribution in [0.2, 0.25) is 0 Å². The van der Waals surface area contributed by atoms with Crippen molar-refractivity contribution in [3.05, 3.63) is 0 Å². The van der Waals surface area contributed by atoms with E-state index in [4.69, 9.17) is 0 Å². The lowest BCUT2D eigenvalue weighted by Gasteiger charge is -2.41. The second-order valence-electron chi connectivity index (χ2n) is 6.02. The average molecular weight is 314 g/mol. The number of nitrogens with one attached hydrogen (secondary N) is 1. The number of hydrogen-bond donors (Lipinski definition) is 1. The molecule has 1 N–H and O–H groups in total. The molecule has 0 aromatic carbocycles. The molecule has 5 nitrogen and oxygen atoms in total. The summed E-state index contributed by atoms with van der Waals surface area (Å²) in [7, 11) is -0.911. The Kier molecular flexibility index (Phi) is 5.79. The number of carbonyl (C=O) groups excluding carboxylic acids is 2. The van der Waals surface area contributed by atoms with Crippen LogP contribution in [0.4, 0.5) is 0 Å². The van der Waals surface area contributed by atoms with E-state index in [-0.39, 0.29) is 23.8 Å². The number of hydrogen-bond acceptors (Lipinski definition) is 3. The minimum atomic E-state index is -0.911. The van der Waals surface area contributed by atoms with Crippen molar-refractivity contribution in [3.8, 4) is 0 Å². The standard InChI is InChI=1S/C15H26N2O3S/c1-3-21(20)10-9-17-11(2)14(18)16-13(15(17)19)12-7-5-4-6-8-12/h11-13H,3-10H2,1-2H3,(H,16,18). The third-order valence-electron chi connectivity index (χ3n) is 4.70. The van der Waals surface area contributed by atoms with Gasteiger partial charge in [-0.15, -0.1) is 0 Å². The van der Waals surface area contributed by atoms with Gasteiger partial charge in [-0.2, -0.15) is 0 Å². The van der Waals surface area contributed by atoms with Gasteiger partial charge in [-0.1, -0.05) is 26.2 Å². The molecule has 2 amide bonds. The molecule has 6 heteroatoms. The van der Waals surface area contributed by atoms with Gasteiger partial charge in [-0.05, 0) is 25.7 Å². The average Bonchev–Trinajstić information content (AvgIpc) is 2.51. The Hall–Kier alpha value is -0.910. The molecule has 1 saturated carbocycles. The van der Waals surface area contributed by atoms with E-state index in [0.717, 1.165) is 25.7 Å². The summed E-state index contributed by atoms with van der Waals surface area (Å²) in [6.07, 6.45) is 5.53. The SMILES string of the molecule is CCS(=O)CCN1C(=O)C(C2CCCCC2)NC(=O)C1C. The minimum absolute atomic E-state index is 0.0158. The number of nitrogens with zero attached hydrogens (tertiary/aromatic N) is 1. The van der Waals surface area contributed by atoms with Crippen LogP contribution in [0.1, 0.15) is 46.0 Å². The van der Waals surface area contributed by atoms with Gasteiger partial charge < -0.3 is 10.2 Å². The van der Waals surface area contributed by atoms with E-state index in [1.54, 1.807) is 11.8 Å². The zero-order valence-corrected chi connectivity index (χ0v) is 13.8. The second kappa shape index (κ2) is 7.38. The molecule has 0 aromatic rings. The number of piperazine rings is 1. The number of amides is 2. The Labute approximate surface area is 129 Å². The predicted molar refractivity (Wildman–Crippen MR) is 83.2 cm³/mol. The van der Waals surface area contributed by atoms with Crippen LogP contribution in [-0.4, -0.2) is 51.1 Å². The van der Waals surface area contributed by atoms with Crippen LogP contribution in [0, 0.1) is 5.92 Å². The summed E-state index contributed by atoms with van der Waals surface area (Å²) in [6, 6.07) is -0.824. The van der Waals surface area contributed by atoms with Crippen LogP contribution in [0.25, 0.3) is 0 Å². The summed E-state index contributed by atoms with van der Waals surface area (Å²) in [6.45, 7) is 4.03. The molecule has 2 rings (SSSR count). The van der Waals surface area contributed by atoms with Crippen molar-refractivity contribution in [3.63, 3.8) is 0 Å². The van der Waals surface area contributed by atoms with Gasteiger partial charge in [0.15, 0.2) is 0 Å². The first-order chi connectivity index (χ1) is 10.0. The lowest BCUT2D eigenvalue weighted by molar-refractivity contribution is -0.150. The molecular weight excluding hydrogens is 288 g/mol. The Balaban J connectivity index is 2.05. The van der Waals surface area contributed by atoms with Crippen LogP contribution < -0.4 is 5.32 Å². The molecule has 1 aliphatic carbocycles. The smallest absolute Gasteiger partial charge is 0.246 e. The molecule has 1 saturated heterocycles. The van der Waals surface area contributed by atoms with Crippen LogP contribution in [0.5, 0.6) is 0 Å². The minimum Gasteiger partial charge on any atom is -0.342 e. The zero-order valence-electron chi connectivity index (χ0n) is 13.0. The molecule has 3 atom stereocenters. The maximum absolute atomic E-state index is 12.7. The lowest BCUT2D eigenvalue weighted by Crippen LogP contribution is -2.65. The van der Waals surface area contributed by atoms with Crippen LogP contribution in [-0.2, 0) is 20.4 Å². The van der Waals surface area contributed by atoms with E-state index >= 15 is 0 Å². The molecule has 1 heterocycles. The van der Waals surface area contributed by atoms with Gasteiger partial charge in [0.2, 0.25) is 11.8 Å². The van der Waals surface area contributed by atoms with Crippen molar-refractivity contribution >= 4 is 22.6 Å². The molecule has 2 aliphatic rings. The van der Waals surface area contributed by atoms with E-state index in [9.17, 15) is 13.8 Å². The fraction of sp³-hybridized carbons (Fsp3) is 0.867. The van der Waals surface area contributed by atoms with Crippen molar-refractivity contribution in [2.45, 2.75) is 58.0 Å². The number of rotatable bonds is 5. The monoisotopic (exact) mass is 314 g/mol. The quantitative estimate of drug-likeness (QED) is 0.825. The molecule has 0 bridgehead atoms. The number of carbonyl (C=O) groups is 2. The third kappa shape index (κ3) is 3.84. The van der Waals surface area contributed by atoms with Gasteiger partial charge in [-0.25, -0.2) is 0 Å².